The highest BCUT2D eigenvalue weighted by atomic mass is 14.1. The second-order valence-corrected chi connectivity index (χ2v) is 10.5. The first-order chi connectivity index (χ1) is 14.8. The van der Waals surface area contributed by atoms with E-state index in [9.17, 15) is 0 Å². The van der Waals surface area contributed by atoms with Crippen molar-refractivity contribution in [3.63, 3.8) is 0 Å². The zero-order valence-electron chi connectivity index (χ0n) is 22.0. The number of unbranched alkanes of at least 4 members (excludes halogenated alkanes) is 22. The first-order valence-corrected chi connectivity index (χ1v) is 14.8. The first kappa shape index (κ1) is 30.0. The summed E-state index contributed by atoms with van der Waals surface area (Å²) >= 11 is 0. The summed E-state index contributed by atoms with van der Waals surface area (Å²) in [6, 6.07) is 0. The first-order valence-electron chi connectivity index (χ1n) is 14.8. The molecule has 0 aromatic rings. The minimum absolute atomic E-state index is 0.970. The molecule has 0 saturated carbocycles. The summed E-state index contributed by atoms with van der Waals surface area (Å²) in [5.74, 6) is 0.970. The Morgan fingerprint density at radius 3 is 0.767 bits per heavy atom. The summed E-state index contributed by atoms with van der Waals surface area (Å²) in [6.07, 6.45) is 38.3. The summed E-state index contributed by atoms with van der Waals surface area (Å²) in [5.41, 5.74) is 0. The van der Waals surface area contributed by atoms with E-state index in [0.29, 0.717) is 0 Å². The van der Waals surface area contributed by atoms with Gasteiger partial charge in [0, 0.05) is 0 Å². The molecular formula is C30H62. The van der Waals surface area contributed by atoms with Gasteiger partial charge >= 0.3 is 0 Å². The van der Waals surface area contributed by atoms with Crippen LogP contribution in [0.4, 0.5) is 0 Å². The van der Waals surface area contributed by atoms with Crippen molar-refractivity contribution in [2.45, 2.75) is 188 Å². The average molecular weight is 423 g/mol. The number of hydrogen-bond donors (Lipinski definition) is 0. The van der Waals surface area contributed by atoms with Gasteiger partial charge in [0.2, 0.25) is 0 Å². The molecule has 0 saturated heterocycles. The van der Waals surface area contributed by atoms with Gasteiger partial charge in [0.05, 0.1) is 0 Å². The Hall–Kier alpha value is 0. The molecule has 0 N–H and O–H groups in total. The highest BCUT2D eigenvalue weighted by molar-refractivity contribution is 4.56. The molecule has 0 fully saturated rings. The molecule has 0 amide bonds. The fourth-order valence-corrected chi connectivity index (χ4v) is 4.81. The maximum absolute atomic E-state index is 2.47. The summed E-state index contributed by atoms with van der Waals surface area (Å²) in [7, 11) is 0. The average Bonchev–Trinajstić information content (AvgIpc) is 2.75. The molecule has 0 radical (unpaired) electrons. The second kappa shape index (κ2) is 27.0. The largest absolute Gasteiger partial charge is 0.0654 e. The Kier molecular flexibility index (Phi) is 27.0. The topological polar surface area (TPSA) is 0 Å². The van der Waals surface area contributed by atoms with E-state index in [1.54, 1.807) is 0 Å². The molecule has 30 heavy (non-hydrogen) atoms. The minimum Gasteiger partial charge on any atom is -0.0654 e. The standard InChI is InChI=1S/C30H62/c1-4-6-8-10-11-12-13-14-15-16-17-18-19-20-21-22-23-24-25-27-29-30(3)28-26-9-7-5-2/h30H,4-29H2,1-3H3. The van der Waals surface area contributed by atoms with Crippen molar-refractivity contribution in [2.75, 3.05) is 0 Å². The monoisotopic (exact) mass is 422 g/mol. The van der Waals surface area contributed by atoms with Crippen LogP contribution in [0.5, 0.6) is 0 Å². The molecule has 0 nitrogen and oxygen atoms in total. The van der Waals surface area contributed by atoms with E-state index >= 15 is 0 Å². The lowest BCUT2D eigenvalue weighted by atomic mass is 9.96. The predicted octanol–water partition coefficient (Wildman–Crippen LogP) is 11.8. The summed E-state index contributed by atoms with van der Waals surface area (Å²) in [6.45, 7) is 7.09. The van der Waals surface area contributed by atoms with E-state index in [0.717, 1.165) is 5.92 Å². The van der Waals surface area contributed by atoms with Crippen LogP contribution in [0.15, 0.2) is 0 Å². The second-order valence-electron chi connectivity index (χ2n) is 10.5. The minimum atomic E-state index is 0.970. The van der Waals surface area contributed by atoms with Crippen molar-refractivity contribution in [1.82, 2.24) is 0 Å². The third kappa shape index (κ3) is 26.0. The summed E-state index contributed by atoms with van der Waals surface area (Å²) in [5, 5.41) is 0. The lowest BCUT2D eigenvalue weighted by molar-refractivity contribution is 0.433. The Balaban J connectivity index is 3.06. The van der Waals surface area contributed by atoms with Crippen LogP contribution in [-0.4, -0.2) is 0 Å². The summed E-state index contributed by atoms with van der Waals surface area (Å²) < 4.78 is 0. The van der Waals surface area contributed by atoms with Gasteiger partial charge in [-0.3, -0.25) is 0 Å². The van der Waals surface area contributed by atoms with Gasteiger partial charge in [0.15, 0.2) is 0 Å². The fourth-order valence-electron chi connectivity index (χ4n) is 4.81. The van der Waals surface area contributed by atoms with E-state index in [-0.39, 0.29) is 0 Å². The fraction of sp³-hybridized carbons (Fsp3) is 1.00. The lowest BCUT2D eigenvalue weighted by Crippen LogP contribution is -1.95. The molecule has 0 aliphatic rings. The molecule has 1 atom stereocenters. The molecule has 0 bridgehead atoms. The van der Waals surface area contributed by atoms with Crippen molar-refractivity contribution in [3.8, 4) is 0 Å². The lowest BCUT2D eigenvalue weighted by Gasteiger charge is -2.10. The molecule has 1 unspecified atom stereocenters. The van der Waals surface area contributed by atoms with Crippen LogP contribution >= 0.6 is 0 Å². The molecule has 0 spiro atoms. The van der Waals surface area contributed by atoms with E-state index in [4.69, 9.17) is 0 Å². The molecule has 0 heteroatoms. The van der Waals surface area contributed by atoms with Gasteiger partial charge in [-0.05, 0) is 5.92 Å². The van der Waals surface area contributed by atoms with Gasteiger partial charge in [-0.15, -0.1) is 0 Å². The van der Waals surface area contributed by atoms with Crippen molar-refractivity contribution in [2.24, 2.45) is 5.92 Å². The van der Waals surface area contributed by atoms with Crippen LogP contribution < -0.4 is 0 Å². The Morgan fingerprint density at radius 1 is 0.300 bits per heavy atom. The molecule has 0 aliphatic carbocycles. The van der Waals surface area contributed by atoms with Gasteiger partial charge in [-0.1, -0.05) is 188 Å². The van der Waals surface area contributed by atoms with Crippen molar-refractivity contribution in [1.29, 1.82) is 0 Å². The number of rotatable bonds is 26. The van der Waals surface area contributed by atoms with Crippen LogP contribution in [0, 0.1) is 5.92 Å². The zero-order valence-corrected chi connectivity index (χ0v) is 22.0. The summed E-state index contributed by atoms with van der Waals surface area (Å²) in [4.78, 5) is 0. The third-order valence-electron chi connectivity index (χ3n) is 7.10. The number of hydrogen-bond acceptors (Lipinski definition) is 0. The maximum atomic E-state index is 2.47. The molecular weight excluding hydrogens is 360 g/mol. The predicted molar refractivity (Wildman–Crippen MR) is 141 cm³/mol. The zero-order chi connectivity index (χ0) is 22.0. The van der Waals surface area contributed by atoms with Gasteiger partial charge in [-0.2, -0.15) is 0 Å². The Bertz CT molecular complexity index is 282. The van der Waals surface area contributed by atoms with E-state index in [2.05, 4.69) is 20.8 Å². The van der Waals surface area contributed by atoms with E-state index in [1.165, 1.54) is 167 Å². The van der Waals surface area contributed by atoms with Gasteiger partial charge in [0.1, 0.15) is 0 Å². The van der Waals surface area contributed by atoms with Crippen LogP contribution in [0.1, 0.15) is 188 Å². The van der Waals surface area contributed by atoms with E-state index in [1.807, 2.05) is 0 Å². The molecule has 0 aliphatic heterocycles. The molecule has 0 aromatic heterocycles. The SMILES string of the molecule is CCCCCCCCCCCCCCCCCCCCCCC(C)CCCCCC. The van der Waals surface area contributed by atoms with Crippen molar-refractivity contribution < 1.29 is 0 Å². The van der Waals surface area contributed by atoms with Crippen molar-refractivity contribution in [3.05, 3.63) is 0 Å². The van der Waals surface area contributed by atoms with Crippen LogP contribution in [-0.2, 0) is 0 Å². The van der Waals surface area contributed by atoms with Crippen molar-refractivity contribution >= 4 is 0 Å². The highest BCUT2D eigenvalue weighted by Gasteiger charge is 2.02. The van der Waals surface area contributed by atoms with Crippen LogP contribution in [0.25, 0.3) is 0 Å². The van der Waals surface area contributed by atoms with Crippen LogP contribution in [0.2, 0.25) is 0 Å². The molecule has 182 valence electrons. The van der Waals surface area contributed by atoms with E-state index < -0.39 is 0 Å². The van der Waals surface area contributed by atoms with Gasteiger partial charge in [0.25, 0.3) is 0 Å². The third-order valence-corrected chi connectivity index (χ3v) is 7.10. The Morgan fingerprint density at radius 2 is 0.500 bits per heavy atom. The normalized spacial score (nSPS) is 12.5. The molecule has 0 rings (SSSR count). The maximum Gasteiger partial charge on any atom is -0.0443 e. The highest BCUT2D eigenvalue weighted by Crippen LogP contribution is 2.19. The smallest absolute Gasteiger partial charge is 0.0443 e. The Labute approximate surface area is 193 Å². The van der Waals surface area contributed by atoms with Crippen LogP contribution in [0.3, 0.4) is 0 Å². The quantitative estimate of drug-likeness (QED) is 0.122. The van der Waals surface area contributed by atoms with Gasteiger partial charge < -0.3 is 0 Å². The molecule has 0 heterocycles. The van der Waals surface area contributed by atoms with Gasteiger partial charge in [-0.25, -0.2) is 0 Å². The molecule has 0 aromatic carbocycles.